The van der Waals surface area contributed by atoms with Crippen molar-refractivity contribution in [1.82, 2.24) is 9.97 Å². The van der Waals surface area contributed by atoms with Crippen molar-refractivity contribution in [3.8, 4) is 0 Å². The summed E-state index contributed by atoms with van der Waals surface area (Å²) < 4.78 is 0. The van der Waals surface area contributed by atoms with E-state index in [4.69, 9.17) is 0 Å². The summed E-state index contributed by atoms with van der Waals surface area (Å²) in [6.45, 7) is 5.63. The number of nitrogens with one attached hydrogen (secondary N) is 1. The minimum absolute atomic E-state index is 0.408. The molecule has 1 aromatic heterocycles. The maximum Gasteiger partial charge on any atom is 0.224 e. The lowest BCUT2D eigenvalue weighted by Gasteiger charge is -2.17. The van der Waals surface area contributed by atoms with Crippen LogP contribution in [-0.2, 0) is 0 Å². The Morgan fingerprint density at radius 3 is 2.61 bits per heavy atom. The highest BCUT2D eigenvalue weighted by atomic mass is 16.3. The number of aromatic nitrogens is 2. The van der Waals surface area contributed by atoms with Gasteiger partial charge in [0.25, 0.3) is 0 Å². The Morgan fingerprint density at radius 2 is 2.00 bits per heavy atom. The predicted octanol–water partition coefficient (Wildman–Crippen LogP) is 0.149. The van der Waals surface area contributed by atoms with Crippen molar-refractivity contribution in [3.05, 3.63) is 11.8 Å². The highest BCUT2D eigenvalue weighted by Crippen LogP contribution is 2.20. The van der Waals surface area contributed by atoms with Crippen LogP contribution in [0, 0.1) is 6.92 Å². The molecule has 6 nitrogen and oxygen atoms in total. The average Bonchev–Trinajstić information content (AvgIpc) is 2.66. The Kier molecular flexibility index (Phi) is 3.98. The number of nitrogens with zero attached hydrogens (tertiary/aromatic N) is 3. The molecule has 1 aromatic rings. The predicted molar refractivity (Wildman–Crippen MR) is 69.8 cm³/mol. The normalized spacial score (nSPS) is 23.4. The van der Waals surface area contributed by atoms with Gasteiger partial charge >= 0.3 is 0 Å². The molecule has 2 heterocycles. The fourth-order valence-corrected chi connectivity index (χ4v) is 1.99. The van der Waals surface area contributed by atoms with Gasteiger partial charge in [-0.2, -0.15) is 4.98 Å². The van der Waals surface area contributed by atoms with Gasteiger partial charge in [-0.3, -0.25) is 0 Å². The van der Waals surface area contributed by atoms with Gasteiger partial charge in [-0.25, -0.2) is 4.98 Å². The van der Waals surface area contributed by atoms with Crippen LogP contribution >= 0.6 is 0 Å². The standard InChI is InChI=1S/C12H20N4O2/c1-3-4-13-12-14-8(2)5-11(15-12)16-6-9(17)10(18)7-16/h5,9-10,17-18H,3-4,6-7H2,1-2H3,(H,13,14,15). The smallest absolute Gasteiger partial charge is 0.224 e. The molecular weight excluding hydrogens is 232 g/mol. The molecule has 2 atom stereocenters. The van der Waals surface area contributed by atoms with Crippen LogP contribution < -0.4 is 10.2 Å². The Bertz CT molecular complexity index is 403. The number of aliphatic hydroxyl groups excluding tert-OH is 2. The number of rotatable bonds is 4. The fraction of sp³-hybridized carbons (Fsp3) is 0.667. The van der Waals surface area contributed by atoms with Crippen LogP contribution in [0.5, 0.6) is 0 Å². The van der Waals surface area contributed by atoms with Crippen LogP contribution in [0.3, 0.4) is 0 Å². The first-order valence-electron chi connectivity index (χ1n) is 6.30. The number of hydrogen-bond donors (Lipinski definition) is 3. The van der Waals surface area contributed by atoms with Gasteiger partial charge in [-0.15, -0.1) is 0 Å². The molecule has 100 valence electrons. The maximum atomic E-state index is 9.56. The largest absolute Gasteiger partial charge is 0.389 e. The molecule has 0 aliphatic carbocycles. The Labute approximate surface area is 107 Å². The summed E-state index contributed by atoms with van der Waals surface area (Å²) in [6.07, 6.45) is -0.395. The van der Waals surface area contributed by atoms with E-state index in [2.05, 4.69) is 22.2 Å². The molecule has 1 fully saturated rings. The first kappa shape index (κ1) is 13.0. The van der Waals surface area contributed by atoms with E-state index in [1.165, 1.54) is 0 Å². The van der Waals surface area contributed by atoms with Crippen LogP contribution in [-0.4, -0.2) is 52.0 Å². The zero-order valence-electron chi connectivity index (χ0n) is 10.8. The molecule has 3 N–H and O–H groups in total. The summed E-state index contributed by atoms with van der Waals surface area (Å²) in [6, 6.07) is 1.86. The third kappa shape index (κ3) is 2.88. The van der Waals surface area contributed by atoms with E-state index < -0.39 is 12.2 Å². The van der Waals surface area contributed by atoms with E-state index in [0.29, 0.717) is 19.0 Å². The maximum absolute atomic E-state index is 9.56. The molecule has 0 radical (unpaired) electrons. The number of aryl methyl sites for hydroxylation is 1. The quantitative estimate of drug-likeness (QED) is 0.707. The summed E-state index contributed by atoms with van der Waals surface area (Å²) in [5.74, 6) is 1.35. The molecular formula is C12H20N4O2. The molecule has 6 heteroatoms. The zero-order chi connectivity index (χ0) is 13.1. The molecule has 2 unspecified atom stereocenters. The third-order valence-corrected chi connectivity index (χ3v) is 2.96. The summed E-state index contributed by atoms with van der Waals surface area (Å²) in [7, 11) is 0. The van der Waals surface area contributed by atoms with Gasteiger partial charge in [0, 0.05) is 31.4 Å². The van der Waals surface area contributed by atoms with E-state index in [9.17, 15) is 10.2 Å². The van der Waals surface area contributed by atoms with Gasteiger partial charge < -0.3 is 20.4 Å². The topological polar surface area (TPSA) is 81.5 Å². The van der Waals surface area contributed by atoms with E-state index >= 15 is 0 Å². The molecule has 0 aromatic carbocycles. The lowest BCUT2D eigenvalue weighted by atomic mass is 10.3. The average molecular weight is 252 g/mol. The molecule has 0 bridgehead atoms. The van der Waals surface area contributed by atoms with Crippen LogP contribution in [0.4, 0.5) is 11.8 Å². The molecule has 2 rings (SSSR count). The molecule has 18 heavy (non-hydrogen) atoms. The van der Waals surface area contributed by atoms with Crippen LogP contribution in [0.25, 0.3) is 0 Å². The molecule has 0 amide bonds. The second-order valence-corrected chi connectivity index (χ2v) is 4.66. The Balaban J connectivity index is 2.15. The Hall–Kier alpha value is -1.40. The second-order valence-electron chi connectivity index (χ2n) is 4.66. The van der Waals surface area contributed by atoms with E-state index in [-0.39, 0.29) is 0 Å². The SMILES string of the molecule is CCCNc1nc(C)cc(N2CC(O)C(O)C2)n1. The van der Waals surface area contributed by atoms with Crippen LogP contribution in [0.2, 0.25) is 0 Å². The van der Waals surface area contributed by atoms with Gasteiger partial charge in [0.05, 0.1) is 12.2 Å². The van der Waals surface area contributed by atoms with Crippen molar-refractivity contribution in [3.63, 3.8) is 0 Å². The van der Waals surface area contributed by atoms with Crippen molar-refractivity contribution < 1.29 is 10.2 Å². The third-order valence-electron chi connectivity index (χ3n) is 2.96. The first-order valence-corrected chi connectivity index (χ1v) is 6.30. The fourth-order valence-electron chi connectivity index (χ4n) is 1.99. The van der Waals surface area contributed by atoms with Crippen molar-refractivity contribution >= 4 is 11.8 Å². The Morgan fingerprint density at radius 1 is 1.33 bits per heavy atom. The van der Waals surface area contributed by atoms with E-state index in [1.54, 1.807) is 0 Å². The van der Waals surface area contributed by atoms with Crippen molar-refractivity contribution in [2.75, 3.05) is 29.9 Å². The first-order chi connectivity index (χ1) is 8.60. The number of hydrogen-bond acceptors (Lipinski definition) is 6. The van der Waals surface area contributed by atoms with Gasteiger partial charge in [0.1, 0.15) is 5.82 Å². The van der Waals surface area contributed by atoms with Gasteiger partial charge in [0.15, 0.2) is 0 Å². The summed E-state index contributed by atoms with van der Waals surface area (Å²) in [5.41, 5.74) is 0.870. The minimum Gasteiger partial charge on any atom is -0.389 e. The number of aliphatic hydroxyl groups is 2. The van der Waals surface area contributed by atoms with Gasteiger partial charge in [0.2, 0.25) is 5.95 Å². The van der Waals surface area contributed by atoms with Gasteiger partial charge in [-0.1, -0.05) is 6.92 Å². The minimum atomic E-state index is -0.702. The van der Waals surface area contributed by atoms with Crippen LogP contribution in [0.1, 0.15) is 19.0 Å². The van der Waals surface area contributed by atoms with E-state index in [1.807, 2.05) is 17.9 Å². The van der Waals surface area contributed by atoms with Crippen molar-refractivity contribution in [1.29, 1.82) is 0 Å². The molecule has 1 saturated heterocycles. The highest BCUT2D eigenvalue weighted by Gasteiger charge is 2.30. The number of β-amino-alcohol motifs (C(OH)–C–C–N with tert-alkyl or cyclic N) is 2. The molecule has 1 aliphatic heterocycles. The summed E-state index contributed by atoms with van der Waals surface area (Å²) in [4.78, 5) is 10.6. The number of anilines is 2. The van der Waals surface area contributed by atoms with Crippen molar-refractivity contribution in [2.24, 2.45) is 0 Å². The second kappa shape index (κ2) is 5.49. The summed E-state index contributed by atoms with van der Waals surface area (Å²) in [5, 5.41) is 22.3. The van der Waals surface area contributed by atoms with Crippen molar-refractivity contribution in [2.45, 2.75) is 32.5 Å². The van der Waals surface area contributed by atoms with E-state index in [0.717, 1.165) is 24.5 Å². The molecule has 0 saturated carbocycles. The van der Waals surface area contributed by atoms with Gasteiger partial charge in [-0.05, 0) is 13.3 Å². The highest BCUT2D eigenvalue weighted by molar-refractivity contribution is 5.46. The lowest BCUT2D eigenvalue weighted by Crippen LogP contribution is -2.23. The molecule has 1 aliphatic rings. The molecule has 0 spiro atoms. The summed E-state index contributed by atoms with van der Waals surface area (Å²) >= 11 is 0. The van der Waals surface area contributed by atoms with Crippen LogP contribution in [0.15, 0.2) is 6.07 Å². The zero-order valence-corrected chi connectivity index (χ0v) is 10.8. The lowest BCUT2D eigenvalue weighted by molar-refractivity contribution is 0.0572. The monoisotopic (exact) mass is 252 g/mol.